The Labute approximate surface area is 124 Å². The molecule has 0 saturated heterocycles. The molecule has 0 bridgehead atoms. The molecule has 3 rings (SSSR count). The van der Waals surface area contributed by atoms with E-state index >= 15 is 0 Å². The van der Waals surface area contributed by atoms with E-state index in [1.807, 2.05) is 52.0 Å². The van der Waals surface area contributed by atoms with Crippen molar-refractivity contribution < 1.29 is 4.79 Å². The summed E-state index contributed by atoms with van der Waals surface area (Å²) in [5.41, 5.74) is 0.808. The van der Waals surface area contributed by atoms with Crippen molar-refractivity contribution in [2.24, 2.45) is 0 Å². The maximum atomic E-state index is 11.9. The SMILES string of the molecule is O=C(Cc1csc(-n2cccc2)n1)NCc1cccs1. The fraction of sp³-hybridized carbons (Fsp3) is 0.143. The number of hydrogen-bond donors (Lipinski definition) is 1. The molecule has 0 aliphatic rings. The van der Waals surface area contributed by atoms with Gasteiger partial charge in [-0.3, -0.25) is 4.79 Å². The molecular formula is C14H13N3OS2. The van der Waals surface area contributed by atoms with Gasteiger partial charge in [-0.2, -0.15) is 0 Å². The second-order valence-electron chi connectivity index (χ2n) is 4.24. The van der Waals surface area contributed by atoms with E-state index in [-0.39, 0.29) is 5.91 Å². The zero-order valence-electron chi connectivity index (χ0n) is 10.7. The highest BCUT2D eigenvalue weighted by Gasteiger charge is 2.08. The predicted octanol–water partition coefficient (Wildman–Crippen LogP) is 2.85. The maximum Gasteiger partial charge on any atom is 0.226 e. The highest BCUT2D eigenvalue weighted by atomic mass is 32.1. The Bertz CT molecular complexity index is 671. The van der Waals surface area contributed by atoms with Crippen LogP contribution >= 0.6 is 22.7 Å². The molecule has 0 atom stereocenters. The van der Waals surface area contributed by atoms with E-state index < -0.39 is 0 Å². The Morgan fingerprint density at radius 1 is 1.25 bits per heavy atom. The summed E-state index contributed by atoms with van der Waals surface area (Å²) in [6, 6.07) is 7.90. The first kappa shape index (κ1) is 13.1. The molecule has 3 aromatic heterocycles. The van der Waals surface area contributed by atoms with Gasteiger partial charge >= 0.3 is 0 Å². The van der Waals surface area contributed by atoms with Gasteiger partial charge in [0.1, 0.15) is 0 Å². The van der Waals surface area contributed by atoms with Crippen LogP contribution in [0.2, 0.25) is 0 Å². The van der Waals surface area contributed by atoms with Crippen molar-refractivity contribution in [3.63, 3.8) is 0 Å². The maximum absolute atomic E-state index is 11.9. The van der Waals surface area contributed by atoms with E-state index in [1.54, 1.807) is 11.3 Å². The third-order valence-electron chi connectivity index (χ3n) is 2.75. The molecule has 3 aromatic rings. The molecular weight excluding hydrogens is 290 g/mol. The normalized spacial score (nSPS) is 10.6. The van der Waals surface area contributed by atoms with Crippen LogP contribution in [0.1, 0.15) is 10.6 Å². The standard InChI is InChI=1S/C14H13N3OS2/c18-13(15-9-12-4-3-7-19-12)8-11-10-20-14(16-11)17-5-1-2-6-17/h1-7,10H,8-9H2,(H,15,18). The number of carbonyl (C=O) groups is 1. The molecule has 0 fully saturated rings. The molecule has 0 aromatic carbocycles. The van der Waals surface area contributed by atoms with E-state index in [0.29, 0.717) is 13.0 Å². The first-order valence-electron chi connectivity index (χ1n) is 6.18. The minimum atomic E-state index is 0.00255. The number of carbonyl (C=O) groups excluding carboxylic acids is 1. The Morgan fingerprint density at radius 3 is 2.85 bits per heavy atom. The molecule has 0 aliphatic heterocycles. The van der Waals surface area contributed by atoms with Gasteiger partial charge in [0.2, 0.25) is 5.91 Å². The smallest absolute Gasteiger partial charge is 0.226 e. The van der Waals surface area contributed by atoms with E-state index in [0.717, 1.165) is 15.7 Å². The summed E-state index contributed by atoms with van der Waals surface area (Å²) in [6.07, 6.45) is 4.21. The van der Waals surface area contributed by atoms with Crippen molar-refractivity contribution in [3.05, 3.63) is 58.0 Å². The highest BCUT2D eigenvalue weighted by Crippen LogP contribution is 2.15. The summed E-state index contributed by atoms with van der Waals surface area (Å²) in [5, 5.41) is 7.73. The van der Waals surface area contributed by atoms with Crippen LogP contribution in [-0.2, 0) is 17.8 Å². The lowest BCUT2D eigenvalue weighted by Gasteiger charge is -2.01. The van der Waals surface area contributed by atoms with Crippen molar-refractivity contribution in [2.45, 2.75) is 13.0 Å². The Kier molecular flexibility index (Phi) is 3.94. The first-order valence-corrected chi connectivity index (χ1v) is 7.94. The first-order chi connectivity index (χ1) is 9.81. The molecule has 3 heterocycles. The van der Waals surface area contributed by atoms with Gasteiger partial charge in [-0.1, -0.05) is 6.07 Å². The minimum absolute atomic E-state index is 0.00255. The second kappa shape index (κ2) is 6.02. The average Bonchev–Trinajstić information content (AvgIpc) is 3.18. The number of thiazole rings is 1. The van der Waals surface area contributed by atoms with E-state index in [2.05, 4.69) is 10.3 Å². The lowest BCUT2D eigenvalue weighted by Crippen LogP contribution is -2.24. The molecule has 0 unspecified atom stereocenters. The van der Waals surface area contributed by atoms with Crippen LogP contribution in [0.15, 0.2) is 47.4 Å². The van der Waals surface area contributed by atoms with Crippen LogP contribution in [-0.4, -0.2) is 15.5 Å². The van der Waals surface area contributed by atoms with Crippen LogP contribution in [0, 0.1) is 0 Å². The number of aromatic nitrogens is 2. The zero-order chi connectivity index (χ0) is 13.8. The third-order valence-corrected chi connectivity index (χ3v) is 4.53. The lowest BCUT2D eigenvalue weighted by molar-refractivity contribution is -0.120. The number of hydrogen-bond acceptors (Lipinski definition) is 4. The summed E-state index contributed by atoms with van der Waals surface area (Å²) in [5.74, 6) is 0.00255. The molecule has 6 heteroatoms. The molecule has 1 N–H and O–H groups in total. The molecule has 1 amide bonds. The van der Waals surface area contributed by atoms with Crippen LogP contribution < -0.4 is 5.32 Å². The van der Waals surface area contributed by atoms with Gasteiger partial charge in [0, 0.05) is 22.7 Å². The monoisotopic (exact) mass is 303 g/mol. The summed E-state index contributed by atoms with van der Waals surface area (Å²) < 4.78 is 1.94. The van der Waals surface area contributed by atoms with Crippen molar-refractivity contribution in [2.75, 3.05) is 0 Å². The van der Waals surface area contributed by atoms with Crippen LogP contribution in [0.5, 0.6) is 0 Å². The van der Waals surface area contributed by atoms with Gasteiger partial charge in [0.05, 0.1) is 18.7 Å². The van der Waals surface area contributed by atoms with Gasteiger partial charge in [-0.25, -0.2) is 4.98 Å². The largest absolute Gasteiger partial charge is 0.351 e. The van der Waals surface area contributed by atoms with Crippen LogP contribution in [0.3, 0.4) is 0 Å². The number of rotatable bonds is 5. The van der Waals surface area contributed by atoms with Gasteiger partial charge < -0.3 is 9.88 Å². The Morgan fingerprint density at radius 2 is 2.10 bits per heavy atom. The molecule has 20 heavy (non-hydrogen) atoms. The fourth-order valence-corrected chi connectivity index (χ4v) is 3.22. The van der Waals surface area contributed by atoms with Crippen molar-refractivity contribution in [1.82, 2.24) is 14.9 Å². The van der Waals surface area contributed by atoms with E-state index in [1.165, 1.54) is 11.3 Å². The van der Waals surface area contributed by atoms with Gasteiger partial charge in [0.25, 0.3) is 0 Å². The summed E-state index contributed by atoms with van der Waals surface area (Å²) in [7, 11) is 0. The number of nitrogens with zero attached hydrogens (tertiary/aromatic N) is 2. The Hall–Kier alpha value is -1.92. The molecule has 0 radical (unpaired) electrons. The summed E-state index contributed by atoms with van der Waals surface area (Å²) >= 11 is 3.18. The summed E-state index contributed by atoms with van der Waals surface area (Å²) in [4.78, 5) is 17.5. The Balaban J connectivity index is 1.56. The zero-order valence-corrected chi connectivity index (χ0v) is 12.3. The average molecular weight is 303 g/mol. The highest BCUT2D eigenvalue weighted by molar-refractivity contribution is 7.12. The lowest BCUT2D eigenvalue weighted by atomic mass is 10.3. The van der Waals surface area contributed by atoms with Gasteiger partial charge in [-0.05, 0) is 23.6 Å². The van der Waals surface area contributed by atoms with E-state index in [9.17, 15) is 4.79 Å². The van der Waals surface area contributed by atoms with Gasteiger partial charge in [0.15, 0.2) is 5.13 Å². The van der Waals surface area contributed by atoms with Crippen molar-refractivity contribution >= 4 is 28.6 Å². The fourth-order valence-electron chi connectivity index (χ4n) is 1.78. The molecule has 4 nitrogen and oxygen atoms in total. The van der Waals surface area contributed by atoms with Crippen LogP contribution in [0.4, 0.5) is 0 Å². The molecule has 0 spiro atoms. The van der Waals surface area contributed by atoms with Gasteiger partial charge in [-0.15, -0.1) is 22.7 Å². The minimum Gasteiger partial charge on any atom is -0.351 e. The number of thiophene rings is 1. The van der Waals surface area contributed by atoms with Crippen molar-refractivity contribution in [3.8, 4) is 5.13 Å². The molecule has 0 aliphatic carbocycles. The molecule has 0 saturated carbocycles. The van der Waals surface area contributed by atoms with Crippen molar-refractivity contribution in [1.29, 1.82) is 0 Å². The number of nitrogens with one attached hydrogen (secondary N) is 1. The van der Waals surface area contributed by atoms with E-state index in [4.69, 9.17) is 0 Å². The second-order valence-corrected chi connectivity index (χ2v) is 6.11. The quantitative estimate of drug-likeness (QED) is 0.788. The summed E-state index contributed by atoms with van der Waals surface area (Å²) in [6.45, 7) is 0.588. The molecule has 102 valence electrons. The number of amides is 1. The third kappa shape index (κ3) is 3.15. The predicted molar refractivity (Wildman–Crippen MR) is 81.3 cm³/mol. The topological polar surface area (TPSA) is 46.9 Å². The van der Waals surface area contributed by atoms with Crippen LogP contribution in [0.25, 0.3) is 5.13 Å².